The first kappa shape index (κ1) is 37.3. The van der Waals surface area contributed by atoms with E-state index in [2.05, 4.69) is 35.5 Å². The number of carboxylic acids is 1. The number of amides is 1. The summed E-state index contributed by atoms with van der Waals surface area (Å²) < 4.78 is 9.44. The number of esters is 1. The van der Waals surface area contributed by atoms with Crippen LogP contribution in [0.15, 0.2) is 97.8 Å². The SMILES string of the molecule is CCOC(=O)c1ncc2nc(-c3cnn(Cc4ccccc4)c3)sc2c1O.O=C(O)CNC(=O)c1ncc2nc(-c3cnn(Cc4ccccc4)c3)sc2c1O. The standard InChI is InChI=1S/C19H15N5O4S.C19H16N4O3S/c25-14(26)8-21-18(28)15-16(27)17-13(7-20-15)23-19(29-17)12-6-22-24(10-12)9-11-4-2-1-3-5-11;1-2-26-19(25)15-16(24)17-14(9-20-15)22-18(27-17)13-8-21-23(11-13)10-12-6-4-3-5-7-12/h1-7,10,27H,8-9H2,(H,21,28)(H,25,26);3-9,11,24H,2,10H2,1H3. The predicted octanol–water partition coefficient (Wildman–Crippen LogP) is 5.61. The van der Waals surface area contributed by atoms with Gasteiger partial charge in [0, 0.05) is 23.5 Å². The number of nitrogens with one attached hydrogen (secondary N) is 1. The third-order valence-electron chi connectivity index (χ3n) is 8.04. The van der Waals surface area contributed by atoms with Crippen molar-refractivity contribution in [1.82, 2.24) is 44.8 Å². The number of thiazole rings is 2. The van der Waals surface area contributed by atoms with Crippen molar-refractivity contribution < 1.29 is 34.4 Å². The van der Waals surface area contributed by atoms with Gasteiger partial charge in [-0.3, -0.25) is 19.0 Å². The van der Waals surface area contributed by atoms with Crippen LogP contribution in [0.5, 0.6) is 11.5 Å². The summed E-state index contributed by atoms with van der Waals surface area (Å²) in [6.07, 6.45) is 10.0. The number of ether oxygens (including phenoxy) is 1. The molecule has 0 unspecified atom stereocenters. The average molecular weight is 790 g/mol. The summed E-state index contributed by atoms with van der Waals surface area (Å²) in [6, 6.07) is 20.0. The molecule has 2 aromatic carbocycles. The lowest BCUT2D eigenvalue weighted by atomic mass is 10.2. The molecule has 0 saturated carbocycles. The maximum absolute atomic E-state index is 12.0. The first-order chi connectivity index (χ1) is 27.2. The van der Waals surface area contributed by atoms with Crippen molar-refractivity contribution in [2.24, 2.45) is 0 Å². The highest BCUT2D eigenvalue weighted by Crippen LogP contribution is 2.38. The van der Waals surface area contributed by atoms with Crippen molar-refractivity contribution in [3.05, 3.63) is 120 Å². The molecule has 0 spiro atoms. The van der Waals surface area contributed by atoms with Gasteiger partial charge in [0.05, 0.1) is 44.5 Å². The molecular weight excluding hydrogens is 759 g/mol. The smallest absolute Gasteiger partial charge is 0.360 e. The Morgan fingerprint density at radius 3 is 1.68 bits per heavy atom. The quantitative estimate of drug-likeness (QED) is 0.117. The summed E-state index contributed by atoms with van der Waals surface area (Å²) in [5.74, 6) is -3.14. The topological polar surface area (TPSA) is 220 Å². The molecule has 0 aliphatic rings. The lowest BCUT2D eigenvalue weighted by molar-refractivity contribution is -0.135. The molecule has 18 heteroatoms. The highest BCUT2D eigenvalue weighted by atomic mass is 32.1. The Labute approximate surface area is 325 Å². The molecule has 4 N–H and O–H groups in total. The second-order valence-electron chi connectivity index (χ2n) is 12.0. The van der Waals surface area contributed by atoms with E-state index < -0.39 is 24.4 Å². The van der Waals surface area contributed by atoms with Crippen molar-refractivity contribution in [3.63, 3.8) is 0 Å². The maximum atomic E-state index is 12.0. The number of nitrogens with zero attached hydrogens (tertiary/aromatic N) is 8. The average Bonchev–Trinajstić information content (AvgIpc) is 4.02. The monoisotopic (exact) mass is 789 g/mol. The number of aromatic nitrogens is 8. The van der Waals surface area contributed by atoms with Crippen molar-refractivity contribution in [2.75, 3.05) is 13.2 Å². The maximum Gasteiger partial charge on any atom is 0.360 e. The van der Waals surface area contributed by atoms with E-state index in [0.717, 1.165) is 22.3 Å². The van der Waals surface area contributed by atoms with Crippen LogP contribution in [-0.4, -0.2) is 85.8 Å². The lowest BCUT2D eigenvalue weighted by Crippen LogP contribution is -2.29. The van der Waals surface area contributed by atoms with Crippen LogP contribution in [0.2, 0.25) is 0 Å². The van der Waals surface area contributed by atoms with E-state index in [0.29, 0.717) is 43.5 Å². The number of benzene rings is 2. The number of hydrogen-bond acceptors (Lipinski definition) is 14. The fourth-order valence-electron chi connectivity index (χ4n) is 5.43. The molecule has 0 aliphatic carbocycles. The molecule has 0 bridgehead atoms. The molecule has 56 heavy (non-hydrogen) atoms. The molecule has 6 aromatic heterocycles. The first-order valence-corrected chi connectivity index (χ1v) is 18.6. The Morgan fingerprint density at radius 2 is 1.20 bits per heavy atom. The highest BCUT2D eigenvalue weighted by molar-refractivity contribution is 7.22. The predicted molar refractivity (Wildman–Crippen MR) is 208 cm³/mol. The van der Waals surface area contributed by atoms with Crippen molar-refractivity contribution in [2.45, 2.75) is 20.0 Å². The summed E-state index contributed by atoms with van der Waals surface area (Å²) in [5.41, 5.74) is 4.50. The van der Waals surface area contributed by atoms with E-state index in [1.165, 1.54) is 35.1 Å². The van der Waals surface area contributed by atoms with Gasteiger partial charge in [-0.15, -0.1) is 22.7 Å². The molecule has 0 aliphatic heterocycles. The van der Waals surface area contributed by atoms with Gasteiger partial charge < -0.3 is 25.4 Å². The number of carbonyl (C=O) groups excluding carboxylic acids is 2. The summed E-state index contributed by atoms with van der Waals surface area (Å²) in [6.45, 7) is 2.63. The van der Waals surface area contributed by atoms with Crippen molar-refractivity contribution in [1.29, 1.82) is 0 Å². The Morgan fingerprint density at radius 1 is 0.714 bits per heavy atom. The van der Waals surface area contributed by atoms with E-state index >= 15 is 0 Å². The number of rotatable bonds is 11. The van der Waals surface area contributed by atoms with Gasteiger partial charge in [0.15, 0.2) is 22.9 Å². The van der Waals surface area contributed by atoms with Gasteiger partial charge in [0.25, 0.3) is 5.91 Å². The number of carbonyl (C=O) groups is 3. The Balaban J connectivity index is 0.000000172. The fraction of sp³-hybridized carbons (Fsp3) is 0.132. The van der Waals surface area contributed by atoms with Gasteiger partial charge >= 0.3 is 11.9 Å². The molecule has 0 saturated heterocycles. The van der Waals surface area contributed by atoms with Crippen LogP contribution < -0.4 is 5.32 Å². The second-order valence-corrected chi connectivity index (χ2v) is 14.0. The van der Waals surface area contributed by atoms with Gasteiger partial charge in [0.1, 0.15) is 37.0 Å². The van der Waals surface area contributed by atoms with Gasteiger partial charge in [-0.25, -0.2) is 24.7 Å². The number of hydrogen-bond donors (Lipinski definition) is 4. The van der Waals surface area contributed by atoms with Crippen LogP contribution in [0.4, 0.5) is 0 Å². The minimum Gasteiger partial charge on any atom is -0.504 e. The third-order valence-corrected chi connectivity index (χ3v) is 10.3. The largest absolute Gasteiger partial charge is 0.504 e. The van der Waals surface area contributed by atoms with Crippen LogP contribution in [0.25, 0.3) is 41.6 Å². The Hall–Kier alpha value is -7.05. The molecular formula is C38H31N9O7S2. The molecule has 1 amide bonds. The summed E-state index contributed by atoms with van der Waals surface area (Å²) >= 11 is 2.49. The van der Waals surface area contributed by atoms with Crippen LogP contribution in [-0.2, 0) is 22.6 Å². The molecule has 0 radical (unpaired) electrons. The minimum absolute atomic E-state index is 0.0978. The number of aromatic hydroxyl groups is 2. The van der Waals surface area contributed by atoms with Crippen LogP contribution in [0, 0.1) is 0 Å². The number of carboxylic acid groups (broad SMARTS) is 1. The molecule has 8 aromatic rings. The zero-order valence-corrected chi connectivity index (χ0v) is 31.1. The van der Waals surface area contributed by atoms with E-state index in [1.807, 2.05) is 77.7 Å². The van der Waals surface area contributed by atoms with Gasteiger partial charge in [-0.1, -0.05) is 60.7 Å². The number of pyridine rings is 2. The summed E-state index contributed by atoms with van der Waals surface area (Å²) in [5, 5.41) is 41.7. The van der Waals surface area contributed by atoms with E-state index in [-0.39, 0.29) is 29.5 Å². The highest BCUT2D eigenvalue weighted by Gasteiger charge is 2.22. The van der Waals surface area contributed by atoms with Gasteiger partial charge in [-0.05, 0) is 18.1 Å². The van der Waals surface area contributed by atoms with Crippen molar-refractivity contribution >= 4 is 61.0 Å². The fourth-order valence-corrected chi connectivity index (χ4v) is 7.34. The van der Waals surface area contributed by atoms with E-state index in [1.54, 1.807) is 24.0 Å². The zero-order chi connectivity index (χ0) is 39.2. The summed E-state index contributed by atoms with van der Waals surface area (Å²) in [4.78, 5) is 51.4. The van der Waals surface area contributed by atoms with Crippen LogP contribution >= 0.6 is 22.7 Å². The zero-order valence-electron chi connectivity index (χ0n) is 29.4. The molecule has 8 rings (SSSR count). The van der Waals surface area contributed by atoms with Crippen LogP contribution in [0.1, 0.15) is 39.0 Å². The molecule has 0 atom stereocenters. The van der Waals surface area contributed by atoms with Crippen molar-refractivity contribution in [3.8, 4) is 32.6 Å². The lowest BCUT2D eigenvalue weighted by Gasteiger charge is -2.03. The molecule has 0 fully saturated rings. The number of fused-ring (bicyclic) bond motifs is 2. The van der Waals surface area contributed by atoms with Gasteiger partial charge in [-0.2, -0.15) is 10.2 Å². The normalized spacial score (nSPS) is 10.9. The first-order valence-electron chi connectivity index (χ1n) is 16.9. The summed E-state index contributed by atoms with van der Waals surface area (Å²) in [7, 11) is 0. The van der Waals surface area contributed by atoms with Crippen LogP contribution in [0.3, 0.4) is 0 Å². The Bertz CT molecular complexity index is 2670. The minimum atomic E-state index is -1.19. The second kappa shape index (κ2) is 16.5. The molecule has 6 heterocycles. The van der Waals surface area contributed by atoms with E-state index in [9.17, 15) is 24.6 Å². The van der Waals surface area contributed by atoms with Gasteiger partial charge in [0.2, 0.25) is 0 Å². The molecule has 282 valence electrons. The molecule has 16 nitrogen and oxygen atoms in total. The number of aliphatic carboxylic acids is 1. The Kier molecular flexibility index (Phi) is 11.0. The van der Waals surface area contributed by atoms with E-state index in [4.69, 9.17) is 9.84 Å². The third kappa shape index (κ3) is 8.35.